The van der Waals surface area contributed by atoms with Crippen LogP contribution in [0, 0.1) is 5.92 Å². The van der Waals surface area contributed by atoms with Gasteiger partial charge in [-0.1, -0.05) is 13.8 Å². The summed E-state index contributed by atoms with van der Waals surface area (Å²) in [5.41, 5.74) is 0.829. The first-order valence-corrected chi connectivity index (χ1v) is 8.01. The third kappa shape index (κ3) is 3.28. The van der Waals surface area contributed by atoms with Crippen molar-refractivity contribution in [1.82, 2.24) is 8.87 Å². The van der Waals surface area contributed by atoms with Crippen molar-refractivity contribution in [2.45, 2.75) is 38.1 Å². The van der Waals surface area contributed by atoms with Crippen LogP contribution in [0.5, 0.6) is 0 Å². The highest BCUT2D eigenvalue weighted by atomic mass is 35.5. The van der Waals surface area contributed by atoms with E-state index in [1.165, 1.54) is 4.31 Å². The average Bonchev–Trinajstić information content (AvgIpc) is 2.71. The molecular formula is C12H21ClN2O2S. The van der Waals surface area contributed by atoms with Crippen LogP contribution in [0.2, 0.25) is 0 Å². The number of hydrogen-bond donors (Lipinski definition) is 0. The second-order valence-corrected chi connectivity index (χ2v) is 7.08. The molecule has 0 radical (unpaired) electrons. The largest absolute Gasteiger partial charge is 0.349 e. The highest BCUT2D eigenvalue weighted by Gasteiger charge is 2.23. The van der Waals surface area contributed by atoms with Crippen LogP contribution >= 0.6 is 11.6 Å². The Labute approximate surface area is 115 Å². The maximum Gasteiger partial charge on any atom is 0.244 e. The number of aryl methyl sites for hydroxylation is 1. The Kier molecular flexibility index (Phi) is 5.25. The van der Waals surface area contributed by atoms with Crippen LogP contribution in [0.3, 0.4) is 0 Å². The zero-order valence-corrected chi connectivity index (χ0v) is 12.9. The van der Waals surface area contributed by atoms with Gasteiger partial charge in [-0.2, -0.15) is 0 Å². The monoisotopic (exact) mass is 292 g/mol. The van der Waals surface area contributed by atoms with Crippen molar-refractivity contribution >= 4 is 21.6 Å². The number of aromatic nitrogens is 1. The Bertz CT molecular complexity index is 473. The summed E-state index contributed by atoms with van der Waals surface area (Å²) in [5.74, 6) is 0.614. The Morgan fingerprint density at radius 2 is 2.06 bits per heavy atom. The summed E-state index contributed by atoms with van der Waals surface area (Å²) in [7, 11) is -1.79. The second-order valence-electron chi connectivity index (χ2n) is 4.77. The van der Waals surface area contributed by atoms with Crippen molar-refractivity contribution in [3.63, 3.8) is 0 Å². The lowest BCUT2D eigenvalue weighted by atomic mass is 10.2. The fourth-order valence-corrected chi connectivity index (χ4v) is 3.49. The van der Waals surface area contributed by atoms with Gasteiger partial charge in [0.1, 0.15) is 4.90 Å². The van der Waals surface area contributed by atoms with E-state index in [2.05, 4.69) is 0 Å². The van der Waals surface area contributed by atoms with E-state index in [0.717, 1.165) is 5.69 Å². The smallest absolute Gasteiger partial charge is 0.244 e. The summed E-state index contributed by atoms with van der Waals surface area (Å²) in [5, 5.41) is 0. The Morgan fingerprint density at radius 1 is 1.44 bits per heavy atom. The molecule has 0 aliphatic rings. The molecule has 0 aliphatic heterocycles. The molecule has 0 bridgehead atoms. The van der Waals surface area contributed by atoms with Crippen LogP contribution in [-0.2, 0) is 22.4 Å². The van der Waals surface area contributed by atoms with Gasteiger partial charge in [0.05, 0.1) is 5.88 Å². The van der Waals surface area contributed by atoms with Gasteiger partial charge in [0.15, 0.2) is 0 Å². The number of hydrogen-bond acceptors (Lipinski definition) is 2. The molecule has 0 aliphatic carbocycles. The number of alkyl halides is 1. The molecule has 0 fully saturated rings. The minimum atomic E-state index is -3.40. The van der Waals surface area contributed by atoms with Crippen LogP contribution in [0.1, 0.15) is 26.5 Å². The third-order valence-corrected chi connectivity index (χ3v) is 4.83. The first kappa shape index (κ1) is 15.5. The van der Waals surface area contributed by atoms with E-state index in [0.29, 0.717) is 29.8 Å². The zero-order chi connectivity index (χ0) is 13.9. The van der Waals surface area contributed by atoms with Crippen LogP contribution < -0.4 is 0 Å². The highest BCUT2D eigenvalue weighted by Crippen LogP contribution is 2.20. The maximum atomic E-state index is 12.3. The molecule has 0 aromatic carbocycles. The summed E-state index contributed by atoms with van der Waals surface area (Å²) in [6, 6.07) is 1.66. The SMILES string of the molecule is CCn1cc(S(=O)(=O)N(C)CC(C)C)cc1CCl. The van der Waals surface area contributed by atoms with Gasteiger partial charge >= 0.3 is 0 Å². The first-order valence-electron chi connectivity index (χ1n) is 6.04. The second kappa shape index (κ2) is 6.08. The third-order valence-electron chi connectivity index (χ3n) is 2.77. The molecule has 104 valence electrons. The predicted octanol–water partition coefficient (Wildman–Crippen LogP) is 2.52. The number of sulfonamides is 1. The van der Waals surface area contributed by atoms with Gasteiger partial charge in [0.25, 0.3) is 0 Å². The van der Waals surface area contributed by atoms with Gasteiger partial charge in [0, 0.05) is 32.0 Å². The quantitative estimate of drug-likeness (QED) is 0.756. The summed E-state index contributed by atoms with van der Waals surface area (Å²) in [4.78, 5) is 0.322. The van der Waals surface area contributed by atoms with Crippen LogP contribution in [0.15, 0.2) is 17.2 Å². The van der Waals surface area contributed by atoms with E-state index in [1.807, 2.05) is 25.3 Å². The van der Waals surface area contributed by atoms with E-state index in [1.54, 1.807) is 19.3 Å². The number of rotatable bonds is 6. The molecule has 0 saturated heterocycles. The minimum Gasteiger partial charge on any atom is -0.349 e. The lowest BCUT2D eigenvalue weighted by Gasteiger charge is -2.18. The molecule has 6 heteroatoms. The Morgan fingerprint density at radius 3 is 2.44 bits per heavy atom. The lowest BCUT2D eigenvalue weighted by Crippen LogP contribution is -2.30. The van der Waals surface area contributed by atoms with Crippen molar-refractivity contribution in [2.75, 3.05) is 13.6 Å². The molecule has 0 atom stereocenters. The van der Waals surface area contributed by atoms with Gasteiger partial charge in [-0.25, -0.2) is 12.7 Å². The summed E-state index contributed by atoms with van der Waals surface area (Å²) in [6.07, 6.45) is 1.66. The Hall–Kier alpha value is -0.520. The fourth-order valence-electron chi connectivity index (χ4n) is 1.86. The number of nitrogens with zero attached hydrogens (tertiary/aromatic N) is 2. The zero-order valence-electron chi connectivity index (χ0n) is 11.4. The van der Waals surface area contributed by atoms with Gasteiger partial charge < -0.3 is 4.57 Å². The highest BCUT2D eigenvalue weighted by molar-refractivity contribution is 7.89. The molecule has 0 saturated carbocycles. The van der Waals surface area contributed by atoms with Crippen molar-refractivity contribution in [3.8, 4) is 0 Å². The van der Waals surface area contributed by atoms with E-state index >= 15 is 0 Å². The topological polar surface area (TPSA) is 42.3 Å². The van der Waals surface area contributed by atoms with E-state index in [-0.39, 0.29) is 0 Å². The fraction of sp³-hybridized carbons (Fsp3) is 0.667. The average molecular weight is 293 g/mol. The van der Waals surface area contributed by atoms with Crippen molar-refractivity contribution < 1.29 is 8.42 Å². The molecule has 1 aromatic rings. The van der Waals surface area contributed by atoms with Crippen LogP contribution in [0.25, 0.3) is 0 Å². The van der Waals surface area contributed by atoms with Gasteiger partial charge in [-0.15, -0.1) is 11.6 Å². The van der Waals surface area contributed by atoms with E-state index < -0.39 is 10.0 Å². The molecule has 18 heavy (non-hydrogen) atoms. The van der Waals surface area contributed by atoms with Crippen molar-refractivity contribution in [1.29, 1.82) is 0 Å². The molecule has 1 rings (SSSR count). The summed E-state index contributed by atoms with van der Waals surface area (Å²) >= 11 is 5.81. The van der Waals surface area contributed by atoms with Crippen LogP contribution in [0.4, 0.5) is 0 Å². The predicted molar refractivity (Wildman–Crippen MR) is 74.3 cm³/mol. The van der Waals surface area contributed by atoms with Crippen LogP contribution in [-0.4, -0.2) is 30.9 Å². The van der Waals surface area contributed by atoms with Gasteiger partial charge in [-0.05, 0) is 18.9 Å². The van der Waals surface area contributed by atoms with E-state index in [4.69, 9.17) is 11.6 Å². The molecule has 4 nitrogen and oxygen atoms in total. The minimum absolute atomic E-state index is 0.297. The van der Waals surface area contributed by atoms with E-state index in [9.17, 15) is 8.42 Å². The number of halogens is 1. The molecular weight excluding hydrogens is 272 g/mol. The summed E-state index contributed by atoms with van der Waals surface area (Å²) < 4.78 is 27.9. The van der Waals surface area contributed by atoms with Gasteiger partial charge in [0.2, 0.25) is 10.0 Å². The normalized spacial score (nSPS) is 12.6. The molecule has 0 amide bonds. The molecule has 1 aromatic heterocycles. The van der Waals surface area contributed by atoms with Crippen molar-refractivity contribution in [3.05, 3.63) is 18.0 Å². The van der Waals surface area contributed by atoms with Gasteiger partial charge in [-0.3, -0.25) is 0 Å². The lowest BCUT2D eigenvalue weighted by molar-refractivity contribution is 0.417. The Balaban J connectivity index is 3.08. The standard InChI is InChI=1S/C12H21ClN2O2S/c1-5-15-9-12(6-11(15)7-13)18(16,17)14(4)8-10(2)3/h6,9-10H,5,7-8H2,1-4H3. The molecule has 0 unspecified atom stereocenters. The maximum absolute atomic E-state index is 12.3. The summed E-state index contributed by atoms with van der Waals surface area (Å²) in [6.45, 7) is 7.17. The van der Waals surface area contributed by atoms with Crippen molar-refractivity contribution in [2.24, 2.45) is 5.92 Å². The molecule has 1 heterocycles. The molecule has 0 spiro atoms. The first-order chi connectivity index (χ1) is 8.32. The molecule has 0 N–H and O–H groups in total.